The van der Waals surface area contributed by atoms with Gasteiger partial charge < -0.3 is 14.4 Å². The Labute approximate surface area is 173 Å². The van der Waals surface area contributed by atoms with Crippen molar-refractivity contribution in [3.8, 4) is 11.5 Å². The van der Waals surface area contributed by atoms with Gasteiger partial charge in [-0.15, -0.1) is 11.3 Å². The van der Waals surface area contributed by atoms with Gasteiger partial charge in [-0.25, -0.2) is 0 Å². The van der Waals surface area contributed by atoms with Gasteiger partial charge in [0.15, 0.2) is 0 Å². The smallest absolute Gasteiger partial charge is 0.455 e. The second-order valence-electron chi connectivity index (χ2n) is 7.50. The molecule has 0 aromatic carbocycles. The van der Waals surface area contributed by atoms with Gasteiger partial charge in [-0.05, 0) is 24.8 Å². The first kappa shape index (κ1) is 21.0. The Morgan fingerprint density at radius 1 is 1.20 bits per heavy atom. The lowest BCUT2D eigenvalue weighted by molar-refractivity contribution is -0.148. The molecule has 0 saturated heterocycles. The standard InChI is InChI=1S/C19H19F3N2O5S/c20-19(21,22)18-23-16(29-24-18)15-11-5-6-28-8-14(11)30-13(15)7-12(25)9-3-1-2-4-10(9)17(26)27/h9-10H,1-8H2,(H,26,27)/t9-,10+/m1/s1. The fourth-order valence-electron chi connectivity index (χ4n) is 4.20. The maximum absolute atomic E-state index is 13.0. The molecule has 3 heterocycles. The molecule has 162 valence electrons. The van der Waals surface area contributed by atoms with Gasteiger partial charge in [0.05, 0.1) is 24.7 Å². The fourth-order valence-corrected chi connectivity index (χ4v) is 5.50. The molecule has 30 heavy (non-hydrogen) atoms. The number of rotatable bonds is 5. The molecule has 0 bridgehead atoms. The van der Waals surface area contributed by atoms with E-state index in [1.807, 2.05) is 0 Å². The number of thiophene rings is 1. The largest absolute Gasteiger partial charge is 0.481 e. The third-order valence-corrected chi connectivity index (χ3v) is 6.82. The molecule has 2 aromatic rings. The van der Waals surface area contributed by atoms with E-state index >= 15 is 0 Å². The zero-order valence-electron chi connectivity index (χ0n) is 15.8. The molecular formula is C19H19F3N2O5S. The van der Waals surface area contributed by atoms with E-state index in [1.165, 1.54) is 11.3 Å². The second-order valence-corrected chi connectivity index (χ2v) is 8.69. The summed E-state index contributed by atoms with van der Waals surface area (Å²) in [4.78, 5) is 29.4. The summed E-state index contributed by atoms with van der Waals surface area (Å²) in [5.74, 6) is -4.19. The fraction of sp³-hybridized carbons (Fsp3) is 0.579. The molecule has 1 saturated carbocycles. The highest BCUT2D eigenvalue weighted by Gasteiger charge is 2.39. The van der Waals surface area contributed by atoms with Gasteiger partial charge in [-0.1, -0.05) is 18.0 Å². The molecule has 2 aromatic heterocycles. The van der Waals surface area contributed by atoms with Crippen molar-refractivity contribution in [2.45, 2.75) is 51.3 Å². The summed E-state index contributed by atoms with van der Waals surface area (Å²) in [6.07, 6.45) is -1.87. The number of alkyl halides is 3. The first-order valence-electron chi connectivity index (χ1n) is 9.63. The van der Waals surface area contributed by atoms with E-state index in [9.17, 15) is 27.9 Å². The molecular weight excluding hydrogens is 425 g/mol. The topological polar surface area (TPSA) is 103 Å². The molecule has 0 unspecified atom stereocenters. The minimum Gasteiger partial charge on any atom is -0.481 e. The van der Waals surface area contributed by atoms with Crippen molar-refractivity contribution in [3.05, 3.63) is 21.1 Å². The summed E-state index contributed by atoms with van der Waals surface area (Å²) in [7, 11) is 0. The Morgan fingerprint density at radius 2 is 1.93 bits per heavy atom. The van der Waals surface area contributed by atoms with Crippen molar-refractivity contribution in [1.29, 1.82) is 0 Å². The van der Waals surface area contributed by atoms with Crippen LogP contribution in [-0.4, -0.2) is 33.6 Å². The van der Waals surface area contributed by atoms with Crippen molar-refractivity contribution in [3.63, 3.8) is 0 Å². The summed E-state index contributed by atoms with van der Waals surface area (Å²) >= 11 is 1.27. The number of aliphatic carboxylic acids is 1. The lowest BCUT2D eigenvalue weighted by Gasteiger charge is -2.27. The number of carboxylic acids is 1. The normalized spacial score (nSPS) is 22.0. The number of fused-ring (bicyclic) bond motifs is 1. The van der Waals surface area contributed by atoms with Crippen LogP contribution in [0, 0.1) is 11.8 Å². The molecule has 1 N–H and O–H groups in total. The number of carbonyl (C=O) groups is 2. The van der Waals surface area contributed by atoms with Crippen LogP contribution >= 0.6 is 11.3 Å². The van der Waals surface area contributed by atoms with E-state index < -0.39 is 29.8 Å². The van der Waals surface area contributed by atoms with Crippen LogP contribution in [0.4, 0.5) is 13.2 Å². The van der Waals surface area contributed by atoms with Gasteiger partial charge >= 0.3 is 12.1 Å². The summed E-state index contributed by atoms with van der Waals surface area (Å²) in [5.41, 5.74) is 1.11. The highest BCUT2D eigenvalue weighted by molar-refractivity contribution is 7.12. The number of aromatic nitrogens is 2. The summed E-state index contributed by atoms with van der Waals surface area (Å²) in [6, 6.07) is 0. The number of nitrogens with zero attached hydrogens (tertiary/aromatic N) is 2. The molecule has 2 aliphatic rings. The summed E-state index contributed by atoms with van der Waals surface area (Å²) in [6.45, 7) is 0.691. The van der Waals surface area contributed by atoms with Crippen LogP contribution in [-0.2, 0) is 40.0 Å². The van der Waals surface area contributed by atoms with Crippen molar-refractivity contribution < 1.29 is 37.1 Å². The first-order chi connectivity index (χ1) is 14.3. The molecule has 1 fully saturated rings. The van der Waals surface area contributed by atoms with Crippen LogP contribution in [0.25, 0.3) is 11.5 Å². The molecule has 7 nitrogen and oxygen atoms in total. The maximum atomic E-state index is 13.0. The van der Waals surface area contributed by atoms with Gasteiger partial charge in [-0.3, -0.25) is 9.59 Å². The molecule has 0 amide bonds. The van der Waals surface area contributed by atoms with Crippen LogP contribution in [0.3, 0.4) is 0 Å². The Bertz CT molecular complexity index is 968. The second kappa shape index (κ2) is 8.10. The number of carboxylic acid groups (broad SMARTS) is 1. The van der Waals surface area contributed by atoms with Gasteiger partial charge in [0.25, 0.3) is 11.7 Å². The van der Waals surface area contributed by atoms with Crippen molar-refractivity contribution in [2.75, 3.05) is 6.61 Å². The number of ketones is 1. The van der Waals surface area contributed by atoms with Gasteiger partial charge in [0.2, 0.25) is 0 Å². The van der Waals surface area contributed by atoms with E-state index in [0.29, 0.717) is 42.9 Å². The third kappa shape index (κ3) is 4.00. The Balaban J connectivity index is 1.68. The highest BCUT2D eigenvalue weighted by atomic mass is 32.1. The molecule has 0 radical (unpaired) electrons. The predicted octanol–water partition coefficient (Wildman–Crippen LogP) is 3.89. The van der Waals surface area contributed by atoms with Crippen LogP contribution < -0.4 is 0 Å². The van der Waals surface area contributed by atoms with Crippen molar-refractivity contribution in [1.82, 2.24) is 10.1 Å². The highest BCUT2D eigenvalue weighted by Crippen LogP contribution is 2.41. The molecule has 1 aliphatic heterocycles. The molecule has 11 heteroatoms. The SMILES string of the molecule is O=C(O)[C@H]1CCCC[C@H]1C(=O)Cc1sc2c(c1-c1nc(C(F)(F)F)no1)CCOC2. The Hall–Kier alpha value is -2.27. The molecule has 2 atom stereocenters. The molecule has 4 rings (SSSR count). The average molecular weight is 444 g/mol. The van der Waals surface area contributed by atoms with Gasteiger partial charge in [0, 0.05) is 22.1 Å². The quantitative estimate of drug-likeness (QED) is 0.746. The number of Topliss-reactive ketones (excluding diaryl/α,β-unsaturated/α-hetero) is 1. The average Bonchev–Trinajstić information content (AvgIpc) is 3.32. The van der Waals surface area contributed by atoms with Crippen LogP contribution in [0.1, 0.15) is 46.8 Å². The third-order valence-electron chi connectivity index (χ3n) is 5.62. The number of ether oxygens (including phenoxy) is 1. The van der Waals surface area contributed by atoms with Crippen LogP contribution in [0.15, 0.2) is 4.52 Å². The Kier molecular flexibility index (Phi) is 5.67. The van der Waals surface area contributed by atoms with Crippen LogP contribution in [0.2, 0.25) is 0 Å². The molecule has 0 spiro atoms. The summed E-state index contributed by atoms with van der Waals surface area (Å²) < 4.78 is 49.2. The number of carbonyl (C=O) groups excluding carboxylic acids is 1. The van der Waals surface area contributed by atoms with E-state index in [-0.39, 0.29) is 18.1 Å². The van der Waals surface area contributed by atoms with Gasteiger partial charge in [0.1, 0.15) is 5.78 Å². The number of hydrogen-bond acceptors (Lipinski definition) is 7. The van der Waals surface area contributed by atoms with Crippen LogP contribution in [0.5, 0.6) is 0 Å². The monoisotopic (exact) mass is 444 g/mol. The van der Waals surface area contributed by atoms with E-state index in [1.54, 1.807) is 0 Å². The summed E-state index contributed by atoms with van der Waals surface area (Å²) in [5, 5.41) is 12.5. The zero-order valence-corrected chi connectivity index (χ0v) is 16.6. The molecule has 1 aliphatic carbocycles. The lowest BCUT2D eigenvalue weighted by atomic mass is 9.76. The van der Waals surface area contributed by atoms with Gasteiger partial charge in [-0.2, -0.15) is 18.2 Å². The maximum Gasteiger partial charge on any atom is 0.455 e. The lowest BCUT2D eigenvalue weighted by Crippen LogP contribution is -2.33. The number of halogens is 3. The van der Waals surface area contributed by atoms with E-state index in [0.717, 1.165) is 23.3 Å². The minimum absolute atomic E-state index is 0.0782. The minimum atomic E-state index is -4.74. The zero-order chi connectivity index (χ0) is 21.5. The van der Waals surface area contributed by atoms with Crippen molar-refractivity contribution >= 4 is 23.1 Å². The number of hydrogen-bond donors (Lipinski definition) is 1. The van der Waals surface area contributed by atoms with Crippen molar-refractivity contribution in [2.24, 2.45) is 11.8 Å². The predicted molar refractivity (Wildman–Crippen MR) is 97.8 cm³/mol. The van der Waals surface area contributed by atoms with E-state index in [4.69, 9.17) is 9.26 Å². The van der Waals surface area contributed by atoms with E-state index in [2.05, 4.69) is 10.1 Å². The Morgan fingerprint density at radius 3 is 2.60 bits per heavy atom. The first-order valence-corrected chi connectivity index (χ1v) is 10.4.